The number of ether oxygens (including phenoxy) is 1. The zero-order valence-corrected chi connectivity index (χ0v) is 21.3. The Bertz CT molecular complexity index is 1120. The molecule has 0 atom stereocenters. The molecular formula is C22H12Cl3I2NO. The lowest BCUT2D eigenvalue weighted by Crippen LogP contribution is -2.00. The molecule has 0 aromatic heterocycles. The molecule has 3 aromatic carbocycles. The van der Waals surface area contributed by atoms with Gasteiger partial charge in [0, 0.05) is 26.2 Å². The van der Waals surface area contributed by atoms with Crippen molar-refractivity contribution in [3.63, 3.8) is 0 Å². The normalized spacial score (nSPS) is 11.2. The topological polar surface area (TPSA) is 33.0 Å². The van der Waals surface area contributed by atoms with E-state index in [4.69, 9.17) is 39.5 Å². The van der Waals surface area contributed by atoms with Crippen LogP contribution in [0.4, 0.5) is 0 Å². The number of benzene rings is 3. The minimum Gasteiger partial charge on any atom is -0.487 e. The lowest BCUT2D eigenvalue weighted by molar-refractivity contribution is 0.302. The van der Waals surface area contributed by atoms with Crippen LogP contribution in [-0.4, -0.2) is 0 Å². The Hall–Kier alpha value is -0.980. The van der Waals surface area contributed by atoms with Crippen LogP contribution in [0.15, 0.2) is 54.6 Å². The van der Waals surface area contributed by atoms with E-state index in [2.05, 4.69) is 51.3 Å². The fourth-order valence-corrected chi connectivity index (χ4v) is 5.43. The number of hydrogen-bond acceptors (Lipinski definition) is 2. The van der Waals surface area contributed by atoms with Crippen molar-refractivity contribution in [1.29, 1.82) is 5.26 Å². The van der Waals surface area contributed by atoms with E-state index < -0.39 is 0 Å². The van der Waals surface area contributed by atoms with Gasteiger partial charge in [-0.25, -0.2) is 0 Å². The van der Waals surface area contributed by atoms with Crippen LogP contribution in [0.5, 0.6) is 5.75 Å². The molecule has 0 heterocycles. The third-order valence-corrected chi connectivity index (χ3v) is 6.52. The van der Waals surface area contributed by atoms with Crippen molar-refractivity contribution in [3.05, 3.63) is 93.5 Å². The van der Waals surface area contributed by atoms with Crippen LogP contribution in [0.1, 0.15) is 16.7 Å². The lowest BCUT2D eigenvalue weighted by Gasteiger charge is -2.13. The number of allylic oxidation sites excluding steroid dienone is 1. The molecule has 29 heavy (non-hydrogen) atoms. The molecule has 3 aromatic rings. The van der Waals surface area contributed by atoms with E-state index in [-0.39, 0.29) is 0 Å². The van der Waals surface area contributed by atoms with Gasteiger partial charge in [0.15, 0.2) is 0 Å². The second-order valence-corrected chi connectivity index (χ2v) is 9.56. The first-order chi connectivity index (χ1) is 13.9. The van der Waals surface area contributed by atoms with Crippen LogP contribution in [0.2, 0.25) is 15.1 Å². The largest absolute Gasteiger partial charge is 0.487 e. The van der Waals surface area contributed by atoms with Gasteiger partial charge in [0.2, 0.25) is 0 Å². The molecule has 0 aliphatic carbocycles. The summed E-state index contributed by atoms with van der Waals surface area (Å²) in [4.78, 5) is 0. The van der Waals surface area contributed by atoms with E-state index >= 15 is 0 Å². The van der Waals surface area contributed by atoms with Gasteiger partial charge in [-0.3, -0.25) is 0 Å². The summed E-state index contributed by atoms with van der Waals surface area (Å²) in [6.45, 7) is 0.334. The van der Waals surface area contributed by atoms with E-state index in [1.807, 2.05) is 42.5 Å². The van der Waals surface area contributed by atoms with Crippen LogP contribution in [0.25, 0.3) is 11.6 Å². The summed E-state index contributed by atoms with van der Waals surface area (Å²) < 4.78 is 7.88. The third kappa shape index (κ3) is 5.80. The molecule has 0 N–H and O–H groups in total. The van der Waals surface area contributed by atoms with E-state index in [0.29, 0.717) is 32.8 Å². The van der Waals surface area contributed by atoms with E-state index in [0.717, 1.165) is 24.0 Å². The SMILES string of the molecule is N#CC(=Cc1cc(I)c(OCc2ccc(Cl)cc2Cl)c(I)c1)c1ccccc1Cl. The van der Waals surface area contributed by atoms with Crippen LogP contribution < -0.4 is 4.74 Å². The number of rotatable bonds is 5. The average molecular weight is 667 g/mol. The molecule has 0 aliphatic heterocycles. The Labute approximate surface area is 211 Å². The first kappa shape index (κ1) is 22.7. The maximum Gasteiger partial charge on any atom is 0.146 e. The second-order valence-electron chi connectivity index (χ2n) is 5.99. The maximum atomic E-state index is 9.59. The average Bonchev–Trinajstić information content (AvgIpc) is 2.67. The van der Waals surface area contributed by atoms with Gasteiger partial charge in [-0.05, 0) is 87.2 Å². The van der Waals surface area contributed by atoms with Crippen molar-refractivity contribution in [2.45, 2.75) is 6.61 Å². The van der Waals surface area contributed by atoms with Crippen LogP contribution >= 0.6 is 80.0 Å². The van der Waals surface area contributed by atoms with Crippen LogP contribution in [-0.2, 0) is 6.61 Å². The Morgan fingerprint density at radius 1 is 0.966 bits per heavy atom. The van der Waals surface area contributed by atoms with E-state index in [1.165, 1.54) is 0 Å². The molecule has 146 valence electrons. The molecule has 0 amide bonds. The zero-order valence-electron chi connectivity index (χ0n) is 14.7. The first-order valence-corrected chi connectivity index (χ1v) is 11.6. The molecule has 3 rings (SSSR count). The Morgan fingerprint density at radius 2 is 1.66 bits per heavy atom. The van der Waals surface area contributed by atoms with Crippen molar-refractivity contribution in [1.82, 2.24) is 0 Å². The molecule has 2 nitrogen and oxygen atoms in total. The van der Waals surface area contributed by atoms with Gasteiger partial charge >= 0.3 is 0 Å². The summed E-state index contributed by atoms with van der Waals surface area (Å²) in [5, 5.41) is 11.3. The molecule has 0 radical (unpaired) electrons. The maximum absolute atomic E-state index is 9.59. The smallest absolute Gasteiger partial charge is 0.146 e. The summed E-state index contributed by atoms with van der Waals surface area (Å²) in [5.74, 6) is 0.769. The molecule has 0 saturated heterocycles. The highest BCUT2D eigenvalue weighted by Gasteiger charge is 2.12. The van der Waals surface area contributed by atoms with Gasteiger partial charge in [0.1, 0.15) is 12.4 Å². The number of nitrogens with zero attached hydrogens (tertiary/aromatic N) is 1. The molecule has 0 bridgehead atoms. The van der Waals surface area contributed by atoms with Crippen molar-refractivity contribution in [2.24, 2.45) is 0 Å². The van der Waals surface area contributed by atoms with Crippen LogP contribution in [0.3, 0.4) is 0 Å². The standard InChI is InChI=1S/C22H12Cl3I2NO/c23-16-6-5-14(19(25)10-16)12-29-22-20(26)8-13(9-21(22)27)7-15(11-28)17-3-1-2-4-18(17)24/h1-10H,12H2. The van der Waals surface area contributed by atoms with Crippen molar-refractivity contribution < 1.29 is 4.74 Å². The molecule has 7 heteroatoms. The van der Waals surface area contributed by atoms with Gasteiger partial charge in [0.05, 0.1) is 18.8 Å². The Balaban J connectivity index is 1.87. The van der Waals surface area contributed by atoms with Crippen molar-refractivity contribution in [3.8, 4) is 11.8 Å². The quantitative estimate of drug-likeness (QED) is 0.156. The second kappa shape index (κ2) is 10.4. The minimum absolute atomic E-state index is 0.334. The zero-order chi connectivity index (χ0) is 21.0. The van der Waals surface area contributed by atoms with Gasteiger partial charge in [0.25, 0.3) is 0 Å². The molecule has 0 spiro atoms. The Morgan fingerprint density at radius 3 is 2.28 bits per heavy atom. The summed E-state index contributed by atoms with van der Waals surface area (Å²) in [7, 11) is 0. The third-order valence-electron chi connectivity index (χ3n) is 4.00. The predicted molar refractivity (Wildman–Crippen MR) is 138 cm³/mol. The number of hydrogen-bond donors (Lipinski definition) is 0. The van der Waals surface area contributed by atoms with Crippen molar-refractivity contribution in [2.75, 3.05) is 0 Å². The molecule has 0 unspecified atom stereocenters. The fourth-order valence-electron chi connectivity index (χ4n) is 2.61. The van der Waals surface area contributed by atoms with Gasteiger partial charge < -0.3 is 4.74 Å². The summed E-state index contributed by atoms with van der Waals surface area (Å²) in [5.41, 5.74) is 2.97. The highest BCUT2D eigenvalue weighted by molar-refractivity contribution is 14.1. The van der Waals surface area contributed by atoms with Crippen LogP contribution in [0, 0.1) is 18.5 Å². The van der Waals surface area contributed by atoms with E-state index in [1.54, 1.807) is 18.2 Å². The van der Waals surface area contributed by atoms with Gasteiger partial charge in [-0.1, -0.05) is 59.1 Å². The molecule has 0 saturated carbocycles. The molecule has 0 fully saturated rings. The Kier molecular flexibility index (Phi) is 8.11. The van der Waals surface area contributed by atoms with Crippen molar-refractivity contribution >= 4 is 91.6 Å². The molecular weight excluding hydrogens is 654 g/mol. The monoisotopic (exact) mass is 665 g/mol. The van der Waals surface area contributed by atoms with E-state index in [9.17, 15) is 5.26 Å². The number of halogens is 5. The summed E-state index contributed by atoms with van der Waals surface area (Å²) in [6.07, 6.45) is 1.82. The summed E-state index contributed by atoms with van der Waals surface area (Å²) in [6, 6.07) is 18.8. The fraction of sp³-hybridized carbons (Fsp3) is 0.0455. The highest BCUT2D eigenvalue weighted by atomic mass is 127. The highest BCUT2D eigenvalue weighted by Crippen LogP contribution is 2.33. The number of nitriles is 1. The van der Waals surface area contributed by atoms with Gasteiger partial charge in [-0.2, -0.15) is 5.26 Å². The summed E-state index contributed by atoms with van der Waals surface area (Å²) >= 11 is 22.9. The van der Waals surface area contributed by atoms with Gasteiger partial charge in [-0.15, -0.1) is 0 Å². The minimum atomic E-state index is 0.334. The lowest BCUT2D eigenvalue weighted by atomic mass is 10.0. The first-order valence-electron chi connectivity index (χ1n) is 8.31. The molecule has 0 aliphatic rings. The predicted octanol–water partition coefficient (Wildman–Crippen LogP) is 8.50.